The summed E-state index contributed by atoms with van der Waals surface area (Å²) in [4.78, 5) is 31.2. The fraction of sp³-hybridized carbons (Fsp3) is 0.263. The van der Waals surface area contributed by atoms with Crippen LogP contribution in [0.15, 0.2) is 41.8 Å². The molecule has 4 rings (SSSR count). The van der Waals surface area contributed by atoms with Gasteiger partial charge in [0.25, 0.3) is 5.91 Å². The van der Waals surface area contributed by atoms with E-state index in [9.17, 15) is 14.0 Å². The number of rotatable bonds is 4. The van der Waals surface area contributed by atoms with Gasteiger partial charge in [0.2, 0.25) is 11.7 Å². The number of carbonyl (C=O) groups excluding carboxylic acids is 2. The fourth-order valence-corrected chi connectivity index (χ4v) is 3.94. The molecule has 0 bridgehead atoms. The average Bonchev–Trinajstić information content (AvgIpc) is 3.38. The Bertz CT molecular complexity index is 992. The van der Waals surface area contributed by atoms with Gasteiger partial charge in [0.1, 0.15) is 5.82 Å². The van der Waals surface area contributed by atoms with Crippen molar-refractivity contribution < 1.29 is 14.0 Å². The van der Waals surface area contributed by atoms with E-state index in [0.717, 1.165) is 4.88 Å². The number of primary amides is 1. The lowest BCUT2D eigenvalue weighted by atomic mass is 9.96. The van der Waals surface area contributed by atoms with Crippen LogP contribution in [-0.4, -0.2) is 44.6 Å². The van der Waals surface area contributed by atoms with E-state index in [1.807, 2.05) is 17.5 Å². The largest absolute Gasteiger partial charge is 0.369 e. The fourth-order valence-electron chi connectivity index (χ4n) is 3.24. The number of aromatic nitrogens is 3. The number of hydrogen-bond donors (Lipinski definition) is 1. The highest BCUT2D eigenvalue weighted by molar-refractivity contribution is 7.13. The van der Waals surface area contributed by atoms with Crippen LogP contribution in [0.2, 0.25) is 0 Å². The number of nitrogens with two attached hydrogens (primary N) is 1. The van der Waals surface area contributed by atoms with Crippen molar-refractivity contribution in [3.63, 3.8) is 0 Å². The molecule has 1 aromatic carbocycles. The molecule has 0 aliphatic carbocycles. The number of nitrogens with zero attached hydrogens (tertiary/aromatic N) is 4. The van der Waals surface area contributed by atoms with Crippen molar-refractivity contribution in [2.24, 2.45) is 11.7 Å². The number of carbonyl (C=O) groups is 2. The molecule has 3 heterocycles. The SMILES string of the molecule is NC(=O)C1CCN(C(=O)c2nc(-c3cccs3)n(-c3ccc(F)cc3)n2)CC1. The van der Waals surface area contributed by atoms with E-state index in [2.05, 4.69) is 10.1 Å². The molecule has 9 heteroatoms. The number of amides is 2. The first-order chi connectivity index (χ1) is 13.5. The zero-order valence-corrected chi connectivity index (χ0v) is 15.7. The van der Waals surface area contributed by atoms with Crippen LogP contribution < -0.4 is 5.73 Å². The Labute approximate surface area is 164 Å². The Balaban J connectivity index is 1.65. The van der Waals surface area contributed by atoms with Crippen LogP contribution in [0.25, 0.3) is 16.4 Å². The third kappa shape index (κ3) is 3.53. The summed E-state index contributed by atoms with van der Waals surface area (Å²) in [5.74, 6) is -0.569. The summed E-state index contributed by atoms with van der Waals surface area (Å²) in [6.07, 6.45) is 1.08. The molecule has 1 aliphatic rings. The quantitative estimate of drug-likeness (QED) is 0.729. The van der Waals surface area contributed by atoms with Crippen LogP contribution in [0.3, 0.4) is 0 Å². The summed E-state index contributed by atoms with van der Waals surface area (Å²) < 4.78 is 14.9. The van der Waals surface area contributed by atoms with E-state index in [1.54, 1.807) is 21.7 Å². The molecule has 0 atom stereocenters. The second-order valence-corrected chi connectivity index (χ2v) is 7.54. The Hall–Kier alpha value is -3.07. The Morgan fingerprint density at radius 3 is 2.46 bits per heavy atom. The smallest absolute Gasteiger partial charge is 0.293 e. The maximum Gasteiger partial charge on any atom is 0.293 e. The Morgan fingerprint density at radius 1 is 1.14 bits per heavy atom. The summed E-state index contributed by atoms with van der Waals surface area (Å²) in [7, 11) is 0. The van der Waals surface area contributed by atoms with Crippen molar-refractivity contribution >= 4 is 23.2 Å². The van der Waals surface area contributed by atoms with Gasteiger partial charge in [0.15, 0.2) is 5.82 Å². The van der Waals surface area contributed by atoms with Gasteiger partial charge in [-0.1, -0.05) is 6.07 Å². The first-order valence-electron chi connectivity index (χ1n) is 8.88. The molecule has 2 N–H and O–H groups in total. The molecule has 2 amide bonds. The van der Waals surface area contributed by atoms with Gasteiger partial charge in [-0.2, -0.15) is 0 Å². The van der Waals surface area contributed by atoms with E-state index in [-0.39, 0.29) is 29.4 Å². The van der Waals surface area contributed by atoms with Gasteiger partial charge in [0, 0.05) is 19.0 Å². The molecule has 3 aromatic rings. The summed E-state index contributed by atoms with van der Waals surface area (Å²) in [6, 6.07) is 9.64. The molecular formula is C19H18FN5O2S. The van der Waals surface area contributed by atoms with Gasteiger partial charge in [-0.3, -0.25) is 9.59 Å². The first-order valence-corrected chi connectivity index (χ1v) is 9.76. The minimum atomic E-state index is -0.352. The third-order valence-electron chi connectivity index (χ3n) is 4.80. The van der Waals surface area contributed by atoms with Gasteiger partial charge >= 0.3 is 0 Å². The number of thiophene rings is 1. The number of likely N-dealkylation sites (tertiary alicyclic amines) is 1. The summed E-state index contributed by atoms with van der Waals surface area (Å²) >= 11 is 1.48. The predicted molar refractivity (Wildman–Crippen MR) is 102 cm³/mol. The van der Waals surface area contributed by atoms with E-state index in [1.165, 1.54) is 23.5 Å². The monoisotopic (exact) mass is 399 g/mol. The van der Waals surface area contributed by atoms with E-state index < -0.39 is 0 Å². The van der Waals surface area contributed by atoms with Crippen molar-refractivity contribution in [2.75, 3.05) is 13.1 Å². The highest BCUT2D eigenvalue weighted by atomic mass is 32.1. The molecule has 7 nitrogen and oxygen atoms in total. The minimum absolute atomic E-state index is 0.0743. The van der Waals surface area contributed by atoms with Gasteiger partial charge < -0.3 is 10.6 Å². The van der Waals surface area contributed by atoms with Crippen molar-refractivity contribution in [2.45, 2.75) is 12.8 Å². The molecule has 0 unspecified atom stereocenters. The standard InChI is InChI=1S/C19H18FN5O2S/c20-13-3-5-14(6-4-13)25-18(15-2-1-11-28-15)22-17(23-25)19(27)24-9-7-12(8-10-24)16(21)26/h1-6,11-12H,7-10H2,(H2,21,26). The maximum absolute atomic E-state index is 13.3. The van der Waals surface area contributed by atoms with Crippen LogP contribution in [0.1, 0.15) is 23.5 Å². The Kier molecular flexibility index (Phi) is 4.91. The lowest BCUT2D eigenvalue weighted by molar-refractivity contribution is -0.123. The normalized spacial score (nSPS) is 15.0. The summed E-state index contributed by atoms with van der Waals surface area (Å²) in [5, 5.41) is 6.31. The number of piperidine rings is 1. The molecule has 28 heavy (non-hydrogen) atoms. The lowest BCUT2D eigenvalue weighted by Crippen LogP contribution is -2.42. The molecule has 2 aromatic heterocycles. The molecule has 0 spiro atoms. The van der Waals surface area contributed by atoms with Gasteiger partial charge in [0.05, 0.1) is 10.6 Å². The highest BCUT2D eigenvalue weighted by Crippen LogP contribution is 2.26. The van der Waals surface area contributed by atoms with E-state index in [4.69, 9.17) is 5.73 Å². The summed E-state index contributed by atoms with van der Waals surface area (Å²) in [6.45, 7) is 0.873. The lowest BCUT2D eigenvalue weighted by Gasteiger charge is -2.29. The second kappa shape index (κ2) is 7.51. The first kappa shape index (κ1) is 18.3. The molecule has 1 fully saturated rings. The predicted octanol–water partition coefficient (Wildman–Crippen LogP) is 2.47. The molecule has 1 saturated heterocycles. The molecule has 0 saturated carbocycles. The van der Waals surface area contributed by atoms with Crippen LogP contribution in [0, 0.1) is 11.7 Å². The van der Waals surface area contributed by atoms with Crippen LogP contribution in [0.5, 0.6) is 0 Å². The molecule has 1 aliphatic heterocycles. The topological polar surface area (TPSA) is 94.1 Å². The highest BCUT2D eigenvalue weighted by Gasteiger charge is 2.29. The average molecular weight is 399 g/mol. The molecular weight excluding hydrogens is 381 g/mol. The van der Waals surface area contributed by atoms with Crippen molar-refractivity contribution in [3.05, 3.63) is 53.4 Å². The second-order valence-electron chi connectivity index (χ2n) is 6.59. The van der Waals surface area contributed by atoms with Gasteiger partial charge in [-0.25, -0.2) is 14.1 Å². The number of benzene rings is 1. The van der Waals surface area contributed by atoms with Gasteiger partial charge in [-0.15, -0.1) is 16.4 Å². The minimum Gasteiger partial charge on any atom is -0.369 e. The number of halogens is 1. The zero-order chi connectivity index (χ0) is 19.7. The van der Waals surface area contributed by atoms with Gasteiger partial charge in [-0.05, 0) is 48.6 Å². The molecule has 0 radical (unpaired) electrons. The third-order valence-corrected chi connectivity index (χ3v) is 5.66. The van der Waals surface area contributed by atoms with Crippen LogP contribution >= 0.6 is 11.3 Å². The Morgan fingerprint density at radius 2 is 1.86 bits per heavy atom. The van der Waals surface area contributed by atoms with Crippen molar-refractivity contribution in [3.8, 4) is 16.4 Å². The van der Waals surface area contributed by atoms with Crippen LogP contribution in [0.4, 0.5) is 4.39 Å². The number of hydrogen-bond acceptors (Lipinski definition) is 5. The van der Waals surface area contributed by atoms with E-state index in [0.29, 0.717) is 37.4 Å². The van der Waals surface area contributed by atoms with Crippen molar-refractivity contribution in [1.82, 2.24) is 19.7 Å². The van der Waals surface area contributed by atoms with Crippen molar-refractivity contribution in [1.29, 1.82) is 0 Å². The zero-order valence-electron chi connectivity index (χ0n) is 14.9. The molecule has 144 valence electrons. The van der Waals surface area contributed by atoms with Crippen LogP contribution in [-0.2, 0) is 4.79 Å². The summed E-state index contributed by atoms with van der Waals surface area (Å²) in [5.41, 5.74) is 5.97. The maximum atomic E-state index is 13.3. The van der Waals surface area contributed by atoms with E-state index >= 15 is 0 Å².